The first kappa shape index (κ1) is 20.2. The number of carboxylic acid groups (broad SMARTS) is 1. The minimum absolute atomic E-state index is 0.155. The van der Waals surface area contributed by atoms with E-state index in [1.54, 1.807) is 0 Å². The zero-order chi connectivity index (χ0) is 19.3. The van der Waals surface area contributed by atoms with Crippen LogP contribution in [0.2, 0.25) is 0 Å². The molecule has 2 rings (SSSR count). The zero-order valence-corrected chi connectivity index (χ0v) is 16.3. The Labute approximate surface area is 157 Å². The number of nitrogens with two attached hydrogens (primary N) is 1. The van der Waals surface area contributed by atoms with Crippen LogP contribution in [0.4, 0.5) is 0 Å². The number of hydrogen-bond donors (Lipinski definition) is 2. The predicted molar refractivity (Wildman–Crippen MR) is 108 cm³/mol. The molecule has 2 aromatic carbocycles. The van der Waals surface area contributed by atoms with Crippen LogP contribution >= 0.6 is 0 Å². The molecule has 0 radical (unpaired) electrons. The number of carboxylic acids is 1. The molecule has 26 heavy (non-hydrogen) atoms. The van der Waals surface area contributed by atoms with Gasteiger partial charge in [-0.1, -0.05) is 76.2 Å². The largest absolute Gasteiger partial charge is 0.480 e. The van der Waals surface area contributed by atoms with Crippen LogP contribution in [0.25, 0.3) is 0 Å². The molecule has 2 aromatic rings. The van der Waals surface area contributed by atoms with Gasteiger partial charge in [-0.3, -0.25) is 4.79 Å². The van der Waals surface area contributed by atoms with Gasteiger partial charge in [0.1, 0.15) is 6.04 Å². The maximum Gasteiger partial charge on any atom is 0.320 e. The van der Waals surface area contributed by atoms with E-state index >= 15 is 0 Å². The van der Waals surface area contributed by atoms with Crippen molar-refractivity contribution in [2.75, 3.05) is 0 Å². The molecule has 0 bridgehead atoms. The van der Waals surface area contributed by atoms with E-state index < -0.39 is 12.0 Å². The highest BCUT2D eigenvalue weighted by atomic mass is 16.4. The predicted octanol–water partition coefficient (Wildman–Crippen LogP) is 5.26. The van der Waals surface area contributed by atoms with Crippen LogP contribution in [-0.2, 0) is 4.79 Å². The highest BCUT2D eigenvalue weighted by molar-refractivity contribution is 5.73. The minimum atomic E-state index is -0.936. The van der Waals surface area contributed by atoms with Gasteiger partial charge in [0.15, 0.2) is 0 Å². The molecule has 0 aliphatic carbocycles. The van der Waals surface area contributed by atoms with Crippen molar-refractivity contribution in [1.29, 1.82) is 0 Å². The first-order chi connectivity index (χ1) is 12.3. The Balaban J connectivity index is 2.30. The quantitative estimate of drug-likeness (QED) is 0.680. The Kier molecular flexibility index (Phi) is 6.98. The Morgan fingerprint density at radius 2 is 1.12 bits per heavy atom. The normalized spacial score (nSPS) is 12.8. The summed E-state index contributed by atoms with van der Waals surface area (Å²) < 4.78 is 0. The van der Waals surface area contributed by atoms with E-state index in [-0.39, 0.29) is 5.92 Å². The molecule has 0 aromatic heterocycles. The SMILES string of the molecule is CC(C)c1ccc(C(CCC(N)C(=O)O)c2ccc(C(C)C)cc2)cc1. The molecule has 140 valence electrons. The standard InChI is InChI=1S/C23H31NO2/c1-15(2)17-5-9-19(10-6-17)21(13-14-22(24)23(25)26)20-11-7-18(8-12-20)16(3)4/h5-12,15-16,21-22H,13-14,24H2,1-4H3,(H,25,26). The van der Waals surface area contributed by atoms with E-state index in [1.807, 2.05) is 0 Å². The van der Waals surface area contributed by atoms with Gasteiger partial charge in [-0.2, -0.15) is 0 Å². The van der Waals surface area contributed by atoms with Crippen molar-refractivity contribution in [3.63, 3.8) is 0 Å². The van der Waals surface area contributed by atoms with E-state index in [0.29, 0.717) is 18.3 Å². The fourth-order valence-corrected chi connectivity index (χ4v) is 3.22. The van der Waals surface area contributed by atoms with Crippen molar-refractivity contribution >= 4 is 5.97 Å². The Morgan fingerprint density at radius 3 is 1.42 bits per heavy atom. The van der Waals surface area contributed by atoms with Crippen LogP contribution in [0.15, 0.2) is 48.5 Å². The molecule has 0 spiro atoms. The minimum Gasteiger partial charge on any atom is -0.480 e. The van der Waals surface area contributed by atoms with Gasteiger partial charge >= 0.3 is 5.97 Å². The third-order valence-corrected chi connectivity index (χ3v) is 5.09. The van der Waals surface area contributed by atoms with E-state index in [1.165, 1.54) is 22.3 Å². The second-order valence-corrected chi connectivity index (χ2v) is 7.72. The number of rotatable bonds is 8. The van der Waals surface area contributed by atoms with Crippen LogP contribution in [0, 0.1) is 0 Å². The van der Waals surface area contributed by atoms with Crippen LogP contribution in [0.3, 0.4) is 0 Å². The monoisotopic (exact) mass is 353 g/mol. The number of hydrogen-bond acceptors (Lipinski definition) is 2. The van der Waals surface area contributed by atoms with Gasteiger partial charge in [0, 0.05) is 5.92 Å². The van der Waals surface area contributed by atoms with E-state index in [4.69, 9.17) is 10.8 Å². The zero-order valence-electron chi connectivity index (χ0n) is 16.3. The lowest BCUT2D eigenvalue weighted by Crippen LogP contribution is -2.30. The van der Waals surface area contributed by atoms with Crippen molar-refractivity contribution in [2.45, 2.75) is 64.3 Å². The average Bonchev–Trinajstić information content (AvgIpc) is 2.62. The summed E-state index contributed by atoms with van der Waals surface area (Å²) in [5, 5.41) is 9.11. The molecular weight excluding hydrogens is 322 g/mol. The Morgan fingerprint density at radius 1 is 0.769 bits per heavy atom. The van der Waals surface area contributed by atoms with Crippen molar-refractivity contribution < 1.29 is 9.90 Å². The van der Waals surface area contributed by atoms with Gasteiger partial charge in [-0.15, -0.1) is 0 Å². The molecule has 3 heteroatoms. The summed E-state index contributed by atoms with van der Waals surface area (Å²) in [6, 6.07) is 16.6. The number of benzene rings is 2. The molecule has 0 heterocycles. The maximum absolute atomic E-state index is 11.1. The van der Waals surface area contributed by atoms with Crippen LogP contribution in [0.5, 0.6) is 0 Å². The molecule has 0 aliphatic rings. The topological polar surface area (TPSA) is 63.3 Å². The van der Waals surface area contributed by atoms with Gasteiger partial charge in [0.05, 0.1) is 0 Å². The summed E-state index contributed by atoms with van der Waals surface area (Å²) in [5.41, 5.74) is 10.8. The summed E-state index contributed by atoms with van der Waals surface area (Å²) in [4.78, 5) is 11.1. The molecule has 1 unspecified atom stereocenters. The third-order valence-electron chi connectivity index (χ3n) is 5.09. The van der Waals surface area contributed by atoms with Crippen molar-refractivity contribution in [2.24, 2.45) is 5.73 Å². The maximum atomic E-state index is 11.1. The smallest absolute Gasteiger partial charge is 0.320 e. The summed E-state index contributed by atoms with van der Waals surface area (Å²) in [6.45, 7) is 8.73. The first-order valence-corrected chi connectivity index (χ1v) is 9.47. The van der Waals surface area contributed by atoms with Crippen LogP contribution < -0.4 is 5.73 Å². The van der Waals surface area contributed by atoms with Crippen LogP contribution in [0.1, 0.15) is 80.5 Å². The molecule has 0 fully saturated rings. The molecule has 0 amide bonds. The van der Waals surface area contributed by atoms with E-state index in [2.05, 4.69) is 76.2 Å². The third kappa shape index (κ3) is 5.18. The number of aliphatic carboxylic acids is 1. The lowest BCUT2D eigenvalue weighted by Gasteiger charge is -2.21. The Bertz CT molecular complexity index is 650. The van der Waals surface area contributed by atoms with Gasteiger partial charge < -0.3 is 10.8 Å². The highest BCUT2D eigenvalue weighted by Gasteiger charge is 2.19. The summed E-state index contributed by atoms with van der Waals surface area (Å²) in [5.74, 6) is 0.207. The summed E-state index contributed by atoms with van der Waals surface area (Å²) >= 11 is 0. The van der Waals surface area contributed by atoms with Gasteiger partial charge in [0.25, 0.3) is 0 Å². The highest BCUT2D eigenvalue weighted by Crippen LogP contribution is 2.31. The van der Waals surface area contributed by atoms with E-state index in [9.17, 15) is 4.79 Å². The van der Waals surface area contributed by atoms with Gasteiger partial charge in [-0.25, -0.2) is 0 Å². The lowest BCUT2D eigenvalue weighted by atomic mass is 9.84. The first-order valence-electron chi connectivity index (χ1n) is 9.47. The summed E-state index contributed by atoms with van der Waals surface area (Å²) in [6.07, 6.45) is 1.17. The molecule has 0 saturated heterocycles. The van der Waals surface area contributed by atoms with Gasteiger partial charge in [-0.05, 0) is 46.9 Å². The molecule has 0 saturated carbocycles. The molecule has 3 nitrogen and oxygen atoms in total. The van der Waals surface area contributed by atoms with Gasteiger partial charge in [0.2, 0.25) is 0 Å². The molecule has 3 N–H and O–H groups in total. The fourth-order valence-electron chi connectivity index (χ4n) is 3.22. The number of carbonyl (C=O) groups is 1. The molecule has 1 atom stereocenters. The van der Waals surface area contributed by atoms with E-state index in [0.717, 1.165) is 6.42 Å². The second-order valence-electron chi connectivity index (χ2n) is 7.72. The van der Waals surface area contributed by atoms with Crippen molar-refractivity contribution in [3.8, 4) is 0 Å². The second kappa shape index (κ2) is 9.00. The van der Waals surface area contributed by atoms with Crippen molar-refractivity contribution in [3.05, 3.63) is 70.8 Å². The summed E-state index contributed by atoms with van der Waals surface area (Å²) in [7, 11) is 0. The average molecular weight is 354 g/mol. The van der Waals surface area contributed by atoms with Crippen LogP contribution in [-0.4, -0.2) is 17.1 Å². The van der Waals surface area contributed by atoms with Crippen molar-refractivity contribution in [1.82, 2.24) is 0 Å². The lowest BCUT2D eigenvalue weighted by molar-refractivity contribution is -0.138. The molecular formula is C23H31NO2. The Hall–Kier alpha value is -2.13. The fraction of sp³-hybridized carbons (Fsp3) is 0.435. The molecule has 0 aliphatic heterocycles.